The van der Waals surface area contributed by atoms with E-state index in [0.29, 0.717) is 17.5 Å². The maximum absolute atomic E-state index is 14.0. The Kier molecular flexibility index (Phi) is 3.40. The summed E-state index contributed by atoms with van der Waals surface area (Å²) in [6.07, 6.45) is 4.63. The molecule has 0 aliphatic heterocycles. The van der Waals surface area contributed by atoms with Crippen LogP contribution < -0.4 is 5.32 Å². The number of halogens is 2. The average Bonchev–Trinajstić information content (AvgIpc) is 3.20. The lowest BCUT2D eigenvalue weighted by Gasteiger charge is -2.10. The van der Waals surface area contributed by atoms with Crippen LogP contribution in [-0.4, -0.2) is 26.4 Å². The number of aromatic amines is 1. The zero-order chi connectivity index (χ0) is 15.8. The molecule has 5 nitrogen and oxygen atoms in total. The van der Waals surface area contributed by atoms with Crippen molar-refractivity contribution in [1.29, 1.82) is 0 Å². The third kappa shape index (κ3) is 2.52. The van der Waals surface area contributed by atoms with Gasteiger partial charge < -0.3 is 5.32 Å². The predicted octanol–water partition coefficient (Wildman–Crippen LogP) is 3.65. The van der Waals surface area contributed by atoms with E-state index in [1.54, 1.807) is 6.07 Å². The standard InChI is InChI=1S/C16H15F2N5/c17-12-7-3-6-10(14(12)18)13-8-11-15(19-9-4-1-2-5-9)21-23-16(11)22-20-13/h3,6-9H,1-2,4-5H2,(H2,19,21,22,23). The molecule has 2 heterocycles. The van der Waals surface area contributed by atoms with E-state index in [9.17, 15) is 8.78 Å². The Bertz CT molecular complexity index is 855. The van der Waals surface area contributed by atoms with Crippen molar-refractivity contribution in [2.45, 2.75) is 31.7 Å². The van der Waals surface area contributed by atoms with Crippen LogP contribution in [0.4, 0.5) is 14.6 Å². The fourth-order valence-electron chi connectivity index (χ4n) is 3.03. The zero-order valence-corrected chi connectivity index (χ0v) is 12.3. The highest BCUT2D eigenvalue weighted by molar-refractivity contribution is 5.89. The van der Waals surface area contributed by atoms with Crippen LogP contribution in [0.3, 0.4) is 0 Å². The van der Waals surface area contributed by atoms with Crippen LogP contribution in [-0.2, 0) is 0 Å². The number of hydrogen-bond donors (Lipinski definition) is 2. The molecule has 118 valence electrons. The second kappa shape index (κ2) is 5.57. The molecule has 3 aromatic rings. The summed E-state index contributed by atoms with van der Waals surface area (Å²) in [5.41, 5.74) is 0.892. The zero-order valence-electron chi connectivity index (χ0n) is 12.3. The van der Waals surface area contributed by atoms with Crippen molar-refractivity contribution in [2.24, 2.45) is 0 Å². The molecule has 0 unspecified atom stereocenters. The number of anilines is 1. The number of nitrogens with one attached hydrogen (secondary N) is 2. The summed E-state index contributed by atoms with van der Waals surface area (Å²) >= 11 is 0. The van der Waals surface area contributed by atoms with E-state index < -0.39 is 11.6 Å². The van der Waals surface area contributed by atoms with Gasteiger partial charge in [0, 0.05) is 11.6 Å². The molecule has 4 rings (SSSR count). The first-order valence-electron chi connectivity index (χ1n) is 7.65. The maximum atomic E-state index is 14.0. The lowest BCUT2D eigenvalue weighted by Crippen LogP contribution is -2.14. The smallest absolute Gasteiger partial charge is 0.180 e. The second-order valence-electron chi connectivity index (χ2n) is 5.79. The highest BCUT2D eigenvalue weighted by atomic mass is 19.2. The molecular formula is C16H15F2N5. The Balaban J connectivity index is 1.75. The predicted molar refractivity (Wildman–Crippen MR) is 82.9 cm³/mol. The van der Waals surface area contributed by atoms with E-state index in [1.165, 1.54) is 25.0 Å². The third-order valence-corrected chi connectivity index (χ3v) is 4.25. The van der Waals surface area contributed by atoms with Crippen LogP contribution in [0, 0.1) is 11.6 Å². The number of H-pyrrole nitrogens is 1. The number of fused-ring (bicyclic) bond motifs is 1. The Morgan fingerprint density at radius 2 is 1.96 bits per heavy atom. The molecule has 23 heavy (non-hydrogen) atoms. The third-order valence-electron chi connectivity index (χ3n) is 4.25. The molecule has 1 aliphatic carbocycles. The highest BCUT2D eigenvalue weighted by Gasteiger charge is 2.19. The van der Waals surface area contributed by atoms with Crippen molar-refractivity contribution >= 4 is 16.9 Å². The minimum atomic E-state index is -0.921. The van der Waals surface area contributed by atoms with Crippen molar-refractivity contribution in [2.75, 3.05) is 5.32 Å². The number of aromatic nitrogens is 4. The molecular weight excluding hydrogens is 300 g/mol. The monoisotopic (exact) mass is 315 g/mol. The topological polar surface area (TPSA) is 66.5 Å². The van der Waals surface area contributed by atoms with E-state index >= 15 is 0 Å². The van der Waals surface area contributed by atoms with Gasteiger partial charge >= 0.3 is 0 Å². The number of benzene rings is 1. The van der Waals surface area contributed by atoms with Gasteiger partial charge in [0.05, 0.1) is 11.1 Å². The molecule has 2 N–H and O–H groups in total. The Morgan fingerprint density at radius 1 is 1.13 bits per heavy atom. The minimum absolute atomic E-state index is 0.0902. The van der Waals surface area contributed by atoms with Gasteiger partial charge in [-0.3, -0.25) is 5.10 Å². The maximum Gasteiger partial charge on any atom is 0.180 e. The van der Waals surface area contributed by atoms with Gasteiger partial charge in [-0.25, -0.2) is 8.78 Å². The van der Waals surface area contributed by atoms with Gasteiger partial charge in [-0.1, -0.05) is 18.9 Å². The average molecular weight is 315 g/mol. The van der Waals surface area contributed by atoms with Gasteiger partial charge in [0.1, 0.15) is 0 Å². The molecule has 0 amide bonds. The fraction of sp³-hybridized carbons (Fsp3) is 0.312. The molecule has 1 aliphatic rings. The molecule has 7 heteroatoms. The van der Waals surface area contributed by atoms with Crippen LogP contribution in [0.2, 0.25) is 0 Å². The van der Waals surface area contributed by atoms with Gasteiger partial charge in [-0.2, -0.15) is 5.10 Å². The van der Waals surface area contributed by atoms with Crippen LogP contribution in [0.15, 0.2) is 24.3 Å². The molecule has 0 atom stereocenters. The first-order chi connectivity index (χ1) is 11.2. The van der Waals surface area contributed by atoms with Gasteiger partial charge in [-0.05, 0) is 31.0 Å². The van der Waals surface area contributed by atoms with Crippen molar-refractivity contribution < 1.29 is 8.78 Å². The summed E-state index contributed by atoms with van der Waals surface area (Å²) < 4.78 is 27.4. The molecule has 0 saturated heterocycles. The quantitative estimate of drug-likeness (QED) is 0.774. The van der Waals surface area contributed by atoms with E-state index in [1.807, 2.05) is 0 Å². The lowest BCUT2D eigenvalue weighted by molar-refractivity contribution is 0.511. The van der Waals surface area contributed by atoms with Crippen LogP contribution in [0.25, 0.3) is 22.3 Å². The first kappa shape index (κ1) is 14.0. The summed E-state index contributed by atoms with van der Waals surface area (Å²) in [4.78, 5) is 0. The summed E-state index contributed by atoms with van der Waals surface area (Å²) in [5, 5.41) is 19.2. The van der Waals surface area contributed by atoms with E-state index in [0.717, 1.165) is 24.3 Å². The van der Waals surface area contributed by atoms with Crippen LogP contribution in [0.1, 0.15) is 25.7 Å². The van der Waals surface area contributed by atoms with Crippen LogP contribution >= 0.6 is 0 Å². The Hall–Kier alpha value is -2.57. The molecule has 0 radical (unpaired) electrons. The summed E-state index contributed by atoms with van der Waals surface area (Å²) in [6, 6.07) is 6.09. The van der Waals surface area contributed by atoms with Crippen LogP contribution in [0.5, 0.6) is 0 Å². The normalized spacial score (nSPS) is 15.4. The first-order valence-corrected chi connectivity index (χ1v) is 7.65. The summed E-state index contributed by atoms with van der Waals surface area (Å²) in [7, 11) is 0. The fourth-order valence-corrected chi connectivity index (χ4v) is 3.03. The number of rotatable bonds is 3. The van der Waals surface area contributed by atoms with Crippen molar-refractivity contribution in [3.63, 3.8) is 0 Å². The van der Waals surface area contributed by atoms with E-state index in [4.69, 9.17) is 0 Å². The molecule has 1 saturated carbocycles. The van der Waals surface area contributed by atoms with Gasteiger partial charge in [-0.15, -0.1) is 10.2 Å². The largest absolute Gasteiger partial charge is 0.365 e. The van der Waals surface area contributed by atoms with Gasteiger partial charge in [0.25, 0.3) is 0 Å². The van der Waals surface area contributed by atoms with Crippen molar-refractivity contribution in [3.8, 4) is 11.3 Å². The Labute approximate surface area is 131 Å². The van der Waals surface area contributed by atoms with E-state index in [2.05, 4.69) is 25.7 Å². The second-order valence-corrected chi connectivity index (χ2v) is 5.79. The molecule has 0 spiro atoms. The SMILES string of the molecule is Fc1cccc(-c2cc3c(NC4CCCC4)n[nH]c3nn2)c1F. The summed E-state index contributed by atoms with van der Waals surface area (Å²) in [6.45, 7) is 0. The van der Waals surface area contributed by atoms with E-state index in [-0.39, 0.29) is 11.3 Å². The Morgan fingerprint density at radius 3 is 2.78 bits per heavy atom. The molecule has 1 fully saturated rings. The van der Waals surface area contributed by atoms with Gasteiger partial charge in [0.15, 0.2) is 23.1 Å². The number of hydrogen-bond acceptors (Lipinski definition) is 4. The highest BCUT2D eigenvalue weighted by Crippen LogP contribution is 2.29. The number of nitrogens with zero attached hydrogens (tertiary/aromatic N) is 3. The molecule has 2 aromatic heterocycles. The van der Waals surface area contributed by atoms with Gasteiger partial charge in [0.2, 0.25) is 0 Å². The molecule has 0 bridgehead atoms. The molecule has 1 aromatic carbocycles. The van der Waals surface area contributed by atoms with Crippen molar-refractivity contribution in [3.05, 3.63) is 35.9 Å². The van der Waals surface area contributed by atoms with Crippen molar-refractivity contribution in [1.82, 2.24) is 20.4 Å². The minimum Gasteiger partial charge on any atom is -0.365 e. The lowest BCUT2D eigenvalue weighted by atomic mass is 10.1. The summed E-state index contributed by atoms with van der Waals surface area (Å²) in [5.74, 6) is -1.14.